The number of nitrogens with one attached hydrogen (secondary N) is 1. The lowest BCUT2D eigenvalue weighted by atomic mass is 10.1. The van der Waals surface area contributed by atoms with E-state index in [4.69, 9.17) is 0 Å². The molecule has 0 atom stereocenters. The predicted octanol–water partition coefficient (Wildman–Crippen LogP) is 3.21. The van der Waals surface area contributed by atoms with Gasteiger partial charge in [-0.2, -0.15) is 0 Å². The first-order valence-corrected chi connectivity index (χ1v) is 8.39. The highest BCUT2D eigenvalue weighted by molar-refractivity contribution is 6.05. The van der Waals surface area contributed by atoms with E-state index in [0.29, 0.717) is 35.5 Å². The van der Waals surface area contributed by atoms with Gasteiger partial charge in [0.2, 0.25) is 0 Å². The summed E-state index contributed by atoms with van der Waals surface area (Å²) in [5.74, 6) is -0.783. The Kier molecular flexibility index (Phi) is 6.49. The third-order valence-corrected chi connectivity index (χ3v) is 4.01. The molecule has 0 saturated carbocycles. The molecule has 0 aliphatic carbocycles. The maximum absolute atomic E-state index is 12.3. The number of hydrogen-bond donors (Lipinski definition) is 1. The van der Waals surface area contributed by atoms with Crippen molar-refractivity contribution in [1.29, 1.82) is 0 Å². The van der Waals surface area contributed by atoms with Crippen molar-refractivity contribution >= 4 is 23.5 Å². The first-order chi connectivity index (χ1) is 12.5. The molecule has 0 radical (unpaired) electrons. The highest BCUT2D eigenvalue weighted by Crippen LogP contribution is 2.13. The first-order valence-electron chi connectivity index (χ1n) is 8.39. The molecule has 0 aromatic heterocycles. The van der Waals surface area contributed by atoms with E-state index in [0.717, 1.165) is 0 Å². The number of anilines is 1. The van der Waals surface area contributed by atoms with Crippen LogP contribution in [-0.4, -0.2) is 42.9 Å². The van der Waals surface area contributed by atoms with Gasteiger partial charge in [0.05, 0.1) is 12.7 Å². The van der Waals surface area contributed by atoms with Crippen LogP contribution in [0.2, 0.25) is 0 Å². The number of rotatable bonds is 6. The van der Waals surface area contributed by atoms with Crippen molar-refractivity contribution in [3.63, 3.8) is 0 Å². The second-order valence-electron chi connectivity index (χ2n) is 5.58. The molecule has 0 fully saturated rings. The molecular formula is C20H22N2O4. The molecule has 26 heavy (non-hydrogen) atoms. The maximum atomic E-state index is 12.3. The molecule has 2 amide bonds. The van der Waals surface area contributed by atoms with Crippen molar-refractivity contribution in [3.8, 4) is 0 Å². The van der Waals surface area contributed by atoms with Crippen LogP contribution in [0.5, 0.6) is 0 Å². The van der Waals surface area contributed by atoms with E-state index in [1.165, 1.54) is 7.11 Å². The van der Waals surface area contributed by atoms with E-state index in [1.807, 2.05) is 13.8 Å². The lowest BCUT2D eigenvalue weighted by Crippen LogP contribution is -2.30. The van der Waals surface area contributed by atoms with Crippen LogP contribution in [0.25, 0.3) is 0 Å². The zero-order valence-electron chi connectivity index (χ0n) is 15.1. The SMILES string of the molecule is CCN(CC)C(=O)c1ccc(C(=O)Nc2ccc(C(=O)OC)cc2)cc1. The zero-order chi connectivity index (χ0) is 19.1. The van der Waals surface area contributed by atoms with Crippen LogP contribution in [0, 0.1) is 0 Å². The van der Waals surface area contributed by atoms with Gasteiger partial charge in [-0.05, 0) is 62.4 Å². The molecule has 6 nitrogen and oxygen atoms in total. The number of ether oxygens (including phenoxy) is 1. The molecule has 0 heterocycles. The summed E-state index contributed by atoms with van der Waals surface area (Å²) in [7, 11) is 1.31. The molecule has 2 aromatic rings. The van der Waals surface area contributed by atoms with Crippen molar-refractivity contribution in [2.75, 3.05) is 25.5 Å². The van der Waals surface area contributed by atoms with Crippen molar-refractivity contribution in [2.45, 2.75) is 13.8 Å². The predicted molar refractivity (Wildman–Crippen MR) is 99.4 cm³/mol. The van der Waals surface area contributed by atoms with Crippen molar-refractivity contribution < 1.29 is 19.1 Å². The summed E-state index contributed by atoms with van der Waals surface area (Å²) in [5, 5.41) is 2.75. The number of esters is 1. The fraction of sp³-hybridized carbons (Fsp3) is 0.250. The summed E-state index contributed by atoms with van der Waals surface area (Å²) < 4.78 is 4.63. The van der Waals surface area contributed by atoms with Gasteiger partial charge in [0, 0.05) is 29.9 Å². The van der Waals surface area contributed by atoms with Gasteiger partial charge in [0.25, 0.3) is 11.8 Å². The Morgan fingerprint density at radius 1 is 0.846 bits per heavy atom. The second kappa shape index (κ2) is 8.80. The molecule has 2 aromatic carbocycles. The van der Waals surface area contributed by atoms with Gasteiger partial charge in [0.1, 0.15) is 0 Å². The molecule has 0 spiro atoms. The van der Waals surface area contributed by atoms with E-state index < -0.39 is 5.97 Å². The summed E-state index contributed by atoms with van der Waals surface area (Å²) in [6.45, 7) is 5.13. The Balaban J connectivity index is 2.06. The second-order valence-corrected chi connectivity index (χ2v) is 5.58. The topological polar surface area (TPSA) is 75.7 Å². The summed E-state index contributed by atoms with van der Waals surface area (Å²) in [5.41, 5.74) is 1.96. The summed E-state index contributed by atoms with van der Waals surface area (Å²) in [6, 6.07) is 12.9. The minimum atomic E-state index is -0.434. The quantitative estimate of drug-likeness (QED) is 0.808. The lowest BCUT2D eigenvalue weighted by Gasteiger charge is -2.18. The molecule has 2 rings (SSSR count). The number of carbonyl (C=O) groups is 3. The lowest BCUT2D eigenvalue weighted by molar-refractivity contribution is 0.0600. The smallest absolute Gasteiger partial charge is 0.337 e. The van der Waals surface area contributed by atoms with Crippen LogP contribution >= 0.6 is 0 Å². The number of amides is 2. The molecule has 0 aliphatic rings. The van der Waals surface area contributed by atoms with Gasteiger partial charge in [-0.3, -0.25) is 9.59 Å². The Morgan fingerprint density at radius 3 is 1.85 bits per heavy atom. The van der Waals surface area contributed by atoms with Crippen LogP contribution < -0.4 is 5.32 Å². The average Bonchev–Trinajstić information content (AvgIpc) is 2.68. The molecule has 0 saturated heterocycles. The molecular weight excluding hydrogens is 332 g/mol. The Hall–Kier alpha value is -3.15. The van der Waals surface area contributed by atoms with E-state index in [9.17, 15) is 14.4 Å². The van der Waals surface area contributed by atoms with Crippen LogP contribution in [0.15, 0.2) is 48.5 Å². The minimum absolute atomic E-state index is 0.0552. The zero-order valence-corrected chi connectivity index (χ0v) is 15.1. The molecule has 0 bridgehead atoms. The molecule has 1 N–H and O–H groups in total. The molecule has 6 heteroatoms. The fourth-order valence-electron chi connectivity index (χ4n) is 2.47. The van der Waals surface area contributed by atoms with Crippen LogP contribution in [0.3, 0.4) is 0 Å². The van der Waals surface area contributed by atoms with Crippen molar-refractivity contribution in [3.05, 3.63) is 65.2 Å². The van der Waals surface area contributed by atoms with Gasteiger partial charge in [0.15, 0.2) is 0 Å². The number of carbonyl (C=O) groups excluding carboxylic acids is 3. The van der Waals surface area contributed by atoms with Crippen molar-refractivity contribution in [2.24, 2.45) is 0 Å². The van der Waals surface area contributed by atoms with E-state index in [2.05, 4.69) is 10.1 Å². The Labute approximate surface area is 152 Å². The van der Waals surface area contributed by atoms with Crippen molar-refractivity contribution in [1.82, 2.24) is 4.90 Å². The van der Waals surface area contributed by atoms with Crippen LogP contribution in [0.4, 0.5) is 5.69 Å². The molecule has 0 unspecified atom stereocenters. The maximum Gasteiger partial charge on any atom is 0.337 e. The van der Waals surface area contributed by atoms with Gasteiger partial charge < -0.3 is 15.0 Å². The number of methoxy groups -OCH3 is 1. The Morgan fingerprint density at radius 2 is 1.35 bits per heavy atom. The van der Waals surface area contributed by atoms with Gasteiger partial charge in [-0.15, -0.1) is 0 Å². The highest BCUT2D eigenvalue weighted by atomic mass is 16.5. The normalized spacial score (nSPS) is 10.1. The minimum Gasteiger partial charge on any atom is -0.465 e. The molecule has 0 aliphatic heterocycles. The highest BCUT2D eigenvalue weighted by Gasteiger charge is 2.13. The first kappa shape index (κ1) is 19.2. The van der Waals surface area contributed by atoms with Gasteiger partial charge in [-0.1, -0.05) is 0 Å². The number of benzene rings is 2. The number of hydrogen-bond acceptors (Lipinski definition) is 4. The third kappa shape index (κ3) is 4.47. The Bertz CT molecular complexity index is 778. The number of nitrogens with zero attached hydrogens (tertiary/aromatic N) is 1. The summed E-state index contributed by atoms with van der Waals surface area (Å²) in [6.07, 6.45) is 0. The monoisotopic (exact) mass is 354 g/mol. The fourth-order valence-corrected chi connectivity index (χ4v) is 2.47. The largest absolute Gasteiger partial charge is 0.465 e. The standard InChI is InChI=1S/C20H22N2O4/c1-4-22(5-2)19(24)15-8-6-14(7-9-15)18(23)21-17-12-10-16(11-13-17)20(25)26-3/h6-13H,4-5H2,1-3H3,(H,21,23). The van der Waals surface area contributed by atoms with Crippen LogP contribution in [0.1, 0.15) is 44.9 Å². The molecule has 136 valence electrons. The average molecular weight is 354 g/mol. The third-order valence-electron chi connectivity index (χ3n) is 4.01. The summed E-state index contributed by atoms with van der Waals surface area (Å²) >= 11 is 0. The summed E-state index contributed by atoms with van der Waals surface area (Å²) in [4.78, 5) is 37.7. The van der Waals surface area contributed by atoms with E-state index in [-0.39, 0.29) is 11.8 Å². The van der Waals surface area contributed by atoms with E-state index >= 15 is 0 Å². The van der Waals surface area contributed by atoms with Gasteiger partial charge >= 0.3 is 5.97 Å². The van der Waals surface area contributed by atoms with Gasteiger partial charge in [-0.25, -0.2) is 4.79 Å². The van der Waals surface area contributed by atoms with Crippen LogP contribution in [-0.2, 0) is 4.74 Å². The van der Waals surface area contributed by atoms with E-state index in [1.54, 1.807) is 53.4 Å².